The predicted molar refractivity (Wildman–Crippen MR) is 87.5 cm³/mol. The zero-order chi connectivity index (χ0) is 15.2. The van der Waals surface area contributed by atoms with Crippen molar-refractivity contribution < 1.29 is 14.3 Å². The fourth-order valence-corrected chi connectivity index (χ4v) is 2.16. The first-order chi connectivity index (χ1) is 10.2. The number of carbonyl (C=O) groups is 1. The summed E-state index contributed by atoms with van der Waals surface area (Å²) in [4.78, 5) is 10.9. The summed E-state index contributed by atoms with van der Waals surface area (Å²) in [6.45, 7) is 2.03. The Hall–Kier alpha value is -1.81. The molecule has 0 saturated heterocycles. The van der Waals surface area contributed by atoms with E-state index in [0.29, 0.717) is 17.1 Å². The largest absolute Gasteiger partial charge is 0.493 e. The normalized spacial score (nSPS) is 11.8. The van der Waals surface area contributed by atoms with E-state index in [0.717, 1.165) is 23.8 Å². The van der Waals surface area contributed by atoms with Gasteiger partial charge >= 0.3 is 0 Å². The average Bonchev–Trinajstić information content (AvgIpc) is 2.54. The summed E-state index contributed by atoms with van der Waals surface area (Å²) in [6, 6.07) is 13.2. The molecule has 2 aromatic carbocycles. The van der Waals surface area contributed by atoms with E-state index >= 15 is 0 Å². The van der Waals surface area contributed by atoms with Crippen molar-refractivity contribution in [1.82, 2.24) is 0 Å². The van der Waals surface area contributed by atoms with Crippen molar-refractivity contribution >= 4 is 22.2 Å². The Labute approximate surface area is 133 Å². The lowest BCUT2D eigenvalue weighted by atomic mass is 10.0. The third-order valence-corrected chi connectivity index (χ3v) is 3.93. The second kappa shape index (κ2) is 7.27. The van der Waals surface area contributed by atoms with Crippen molar-refractivity contribution in [3.05, 3.63) is 48.0 Å². The van der Waals surface area contributed by atoms with Gasteiger partial charge in [0, 0.05) is 5.56 Å². The van der Waals surface area contributed by atoms with E-state index < -0.39 is 0 Å². The molecule has 21 heavy (non-hydrogen) atoms. The topological polar surface area (TPSA) is 35.5 Å². The third kappa shape index (κ3) is 3.85. The molecule has 1 unspecified atom stereocenters. The minimum atomic E-state index is -0.0667. The van der Waals surface area contributed by atoms with Gasteiger partial charge in [-0.3, -0.25) is 4.79 Å². The molecule has 4 heteroatoms. The SMILES string of the molecule is CCC(Br)Oc1cc(-c2cccc(C=O)c2)ccc1OC. The Bertz CT molecular complexity index is 625. The number of carbonyl (C=O) groups excluding carboxylic acids is 1. The van der Waals surface area contributed by atoms with Gasteiger partial charge in [0.15, 0.2) is 16.5 Å². The number of benzene rings is 2. The molecule has 1 atom stereocenters. The summed E-state index contributed by atoms with van der Waals surface area (Å²) >= 11 is 3.46. The van der Waals surface area contributed by atoms with Crippen molar-refractivity contribution in [1.29, 1.82) is 0 Å². The van der Waals surface area contributed by atoms with E-state index in [-0.39, 0.29) is 5.01 Å². The summed E-state index contributed by atoms with van der Waals surface area (Å²) in [5.74, 6) is 1.36. The number of ether oxygens (including phenoxy) is 2. The molecule has 0 aliphatic carbocycles. The standard InChI is InChI=1S/C17H17BrO3/c1-3-17(18)21-16-10-14(7-8-15(16)20-2)13-6-4-5-12(9-13)11-19/h4-11,17H,3H2,1-2H3. The number of aldehydes is 1. The molecule has 3 nitrogen and oxygen atoms in total. The van der Waals surface area contributed by atoms with Crippen molar-refractivity contribution in [2.24, 2.45) is 0 Å². The maximum Gasteiger partial charge on any atom is 0.163 e. The van der Waals surface area contributed by atoms with Crippen LogP contribution in [0.5, 0.6) is 11.5 Å². The number of methoxy groups -OCH3 is 1. The second-order valence-corrected chi connectivity index (χ2v) is 5.57. The van der Waals surface area contributed by atoms with E-state index in [1.54, 1.807) is 13.2 Å². The van der Waals surface area contributed by atoms with Crippen LogP contribution in [0, 0.1) is 0 Å². The van der Waals surface area contributed by atoms with Gasteiger partial charge in [0.05, 0.1) is 7.11 Å². The molecule has 0 aromatic heterocycles. The molecule has 0 aliphatic rings. The minimum absolute atomic E-state index is 0.0667. The molecule has 2 rings (SSSR count). The van der Waals surface area contributed by atoms with E-state index in [4.69, 9.17) is 9.47 Å². The van der Waals surface area contributed by atoms with E-state index in [1.807, 2.05) is 43.3 Å². The van der Waals surface area contributed by atoms with Crippen LogP contribution >= 0.6 is 15.9 Å². The first kappa shape index (κ1) is 15.6. The second-order valence-electron chi connectivity index (χ2n) is 4.55. The fraction of sp³-hybridized carbons (Fsp3) is 0.235. The first-order valence-electron chi connectivity index (χ1n) is 6.72. The van der Waals surface area contributed by atoms with Gasteiger partial charge in [-0.1, -0.05) is 31.2 Å². The van der Waals surface area contributed by atoms with Crippen LogP contribution in [0.3, 0.4) is 0 Å². The van der Waals surface area contributed by atoms with Crippen LogP contribution in [-0.4, -0.2) is 18.4 Å². The zero-order valence-electron chi connectivity index (χ0n) is 12.0. The number of alkyl halides is 1. The molecule has 0 amide bonds. The highest BCUT2D eigenvalue weighted by Gasteiger charge is 2.11. The maximum atomic E-state index is 10.9. The van der Waals surface area contributed by atoms with Gasteiger partial charge in [-0.15, -0.1) is 0 Å². The molecule has 0 heterocycles. The molecule has 0 spiro atoms. The number of hydrogen-bond donors (Lipinski definition) is 0. The van der Waals surface area contributed by atoms with Crippen LogP contribution in [0.15, 0.2) is 42.5 Å². The van der Waals surface area contributed by atoms with Crippen LogP contribution < -0.4 is 9.47 Å². The third-order valence-electron chi connectivity index (χ3n) is 3.10. The smallest absolute Gasteiger partial charge is 0.163 e. The molecule has 0 bridgehead atoms. The highest BCUT2D eigenvalue weighted by atomic mass is 79.9. The number of hydrogen-bond acceptors (Lipinski definition) is 3. The predicted octanol–water partition coefficient (Wildman–Crippen LogP) is 4.68. The summed E-state index contributed by atoms with van der Waals surface area (Å²) < 4.78 is 11.2. The average molecular weight is 349 g/mol. The molecule has 110 valence electrons. The number of halogens is 1. The molecule has 2 aromatic rings. The van der Waals surface area contributed by atoms with Crippen molar-refractivity contribution in [3.8, 4) is 22.6 Å². The van der Waals surface area contributed by atoms with Crippen LogP contribution in [0.4, 0.5) is 0 Å². The van der Waals surface area contributed by atoms with Crippen molar-refractivity contribution in [2.45, 2.75) is 18.4 Å². The molecule has 0 N–H and O–H groups in total. The Balaban J connectivity index is 2.40. The van der Waals surface area contributed by atoms with Crippen LogP contribution in [0.2, 0.25) is 0 Å². The molecule has 0 fully saturated rings. The zero-order valence-corrected chi connectivity index (χ0v) is 13.6. The Morgan fingerprint density at radius 2 is 1.90 bits per heavy atom. The Morgan fingerprint density at radius 1 is 1.14 bits per heavy atom. The summed E-state index contributed by atoms with van der Waals surface area (Å²) in [7, 11) is 1.62. The van der Waals surface area contributed by atoms with Gasteiger partial charge in [-0.05, 0) is 51.7 Å². The highest BCUT2D eigenvalue weighted by molar-refractivity contribution is 9.09. The quantitative estimate of drug-likeness (QED) is 0.561. The van der Waals surface area contributed by atoms with Gasteiger partial charge in [-0.25, -0.2) is 0 Å². The molecule has 0 saturated carbocycles. The van der Waals surface area contributed by atoms with Gasteiger partial charge in [0.25, 0.3) is 0 Å². The number of rotatable bonds is 6. The van der Waals surface area contributed by atoms with E-state index in [2.05, 4.69) is 15.9 Å². The highest BCUT2D eigenvalue weighted by Crippen LogP contribution is 2.34. The Morgan fingerprint density at radius 3 is 2.57 bits per heavy atom. The van der Waals surface area contributed by atoms with Crippen LogP contribution in [-0.2, 0) is 0 Å². The van der Waals surface area contributed by atoms with Crippen molar-refractivity contribution in [2.75, 3.05) is 7.11 Å². The van der Waals surface area contributed by atoms with Crippen LogP contribution in [0.1, 0.15) is 23.7 Å². The lowest BCUT2D eigenvalue weighted by Crippen LogP contribution is -2.07. The molecule has 0 radical (unpaired) electrons. The lowest BCUT2D eigenvalue weighted by molar-refractivity contribution is 0.112. The first-order valence-corrected chi connectivity index (χ1v) is 7.64. The lowest BCUT2D eigenvalue weighted by Gasteiger charge is -2.15. The Kier molecular flexibility index (Phi) is 5.39. The van der Waals surface area contributed by atoms with Gasteiger partial charge in [-0.2, -0.15) is 0 Å². The van der Waals surface area contributed by atoms with Gasteiger partial charge in [0.1, 0.15) is 6.29 Å². The molecular formula is C17H17BrO3. The fourth-order valence-electron chi connectivity index (χ4n) is 1.96. The summed E-state index contributed by atoms with van der Waals surface area (Å²) in [6.07, 6.45) is 1.68. The van der Waals surface area contributed by atoms with Gasteiger partial charge in [0.2, 0.25) is 0 Å². The van der Waals surface area contributed by atoms with Crippen LogP contribution in [0.25, 0.3) is 11.1 Å². The van der Waals surface area contributed by atoms with Crippen molar-refractivity contribution in [3.63, 3.8) is 0 Å². The molecule has 0 aliphatic heterocycles. The molecular weight excluding hydrogens is 332 g/mol. The summed E-state index contributed by atoms with van der Waals surface area (Å²) in [5, 5.41) is -0.0667. The summed E-state index contributed by atoms with van der Waals surface area (Å²) in [5.41, 5.74) is 2.60. The van der Waals surface area contributed by atoms with E-state index in [1.165, 1.54) is 0 Å². The van der Waals surface area contributed by atoms with E-state index in [9.17, 15) is 4.79 Å². The minimum Gasteiger partial charge on any atom is -0.493 e. The monoisotopic (exact) mass is 348 g/mol. The maximum absolute atomic E-state index is 10.9. The van der Waals surface area contributed by atoms with Gasteiger partial charge < -0.3 is 9.47 Å².